The van der Waals surface area contributed by atoms with Crippen molar-refractivity contribution in [1.82, 2.24) is 10.2 Å². The standard InChI is InChI=1S/C9H20N2O/c1-7(2)6-8(3)11(5)9(12)10-4/h7-8H,6H2,1-5H3,(H,10,12). The quantitative estimate of drug-likeness (QED) is 0.690. The van der Waals surface area contributed by atoms with E-state index >= 15 is 0 Å². The van der Waals surface area contributed by atoms with E-state index in [1.807, 2.05) is 7.05 Å². The maximum absolute atomic E-state index is 11.1. The highest BCUT2D eigenvalue weighted by molar-refractivity contribution is 5.73. The Hall–Kier alpha value is -0.730. The maximum atomic E-state index is 11.1. The highest BCUT2D eigenvalue weighted by Gasteiger charge is 2.14. The summed E-state index contributed by atoms with van der Waals surface area (Å²) in [6.45, 7) is 6.39. The molecule has 0 aromatic rings. The first-order valence-corrected chi connectivity index (χ1v) is 4.43. The molecule has 1 N–H and O–H groups in total. The smallest absolute Gasteiger partial charge is 0.317 e. The van der Waals surface area contributed by atoms with Crippen molar-refractivity contribution in [3.8, 4) is 0 Å². The Morgan fingerprint density at radius 1 is 1.42 bits per heavy atom. The Morgan fingerprint density at radius 3 is 2.25 bits per heavy atom. The summed E-state index contributed by atoms with van der Waals surface area (Å²) in [5.41, 5.74) is 0. The second kappa shape index (κ2) is 5.01. The van der Waals surface area contributed by atoms with Crippen molar-refractivity contribution in [2.24, 2.45) is 5.92 Å². The van der Waals surface area contributed by atoms with Gasteiger partial charge in [-0.25, -0.2) is 4.79 Å². The van der Waals surface area contributed by atoms with Crippen molar-refractivity contribution in [3.05, 3.63) is 0 Å². The van der Waals surface area contributed by atoms with E-state index in [1.54, 1.807) is 11.9 Å². The average Bonchev–Trinajstić information content (AvgIpc) is 2.00. The summed E-state index contributed by atoms with van der Waals surface area (Å²) in [4.78, 5) is 12.9. The van der Waals surface area contributed by atoms with Gasteiger partial charge < -0.3 is 10.2 Å². The molecule has 0 fully saturated rings. The molecule has 0 saturated heterocycles. The topological polar surface area (TPSA) is 32.3 Å². The average molecular weight is 172 g/mol. The van der Waals surface area contributed by atoms with Crippen molar-refractivity contribution in [1.29, 1.82) is 0 Å². The van der Waals surface area contributed by atoms with E-state index in [0.29, 0.717) is 12.0 Å². The van der Waals surface area contributed by atoms with Crippen LogP contribution in [-0.4, -0.2) is 31.1 Å². The van der Waals surface area contributed by atoms with E-state index in [0.717, 1.165) is 6.42 Å². The molecule has 12 heavy (non-hydrogen) atoms. The molecule has 0 aliphatic carbocycles. The van der Waals surface area contributed by atoms with Crippen LogP contribution in [0.4, 0.5) is 4.79 Å². The van der Waals surface area contributed by atoms with Crippen LogP contribution in [0.25, 0.3) is 0 Å². The minimum atomic E-state index is -0.0110. The van der Waals surface area contributed by atoms with Gasteiger partial charge in [-0.15, -0.1) is 0 Å². The van der Waals surface area contributed by atoms with Crippen LogP contribution < -0.4 is 5.32 Å². The van der Waals surface area contributed by atoms with Gasteiger partial charge in [0.15, 0.2) is 0 Å². The van der Waals surface area contributed by atoms with Crippen LogP contribution >= 0.6 is 0 Å². The molecular formula is C9H20N2O. The third kappa shape index (κ3) is 3.60. The molecule has 3 heteroatoms. The number of rotatable bonds is 3. The molecule has 0 radical (unpaired) electrons. The van der Waals surface area contributed by atoms with Crippen LogP contribution in [0.3, 0.4) is 0 Å². The van der Waals surface area contributed by atoms with Crippen LogP contribution in [0, 0.1) is 5.92 Å². The van der Waals surface area contributed by atoms with E-state index in [9.17, 15) is 4.79 Å². The molecule has 2 amide bonds. The fraction of sp³-hybridized carbons (Fsp3) is 0.889. The summed E-state index contributed by atoms with van der Waals surface area (Å²) < 4.78 is 0. The SMILES string of the molecule is CNC(=O)N(C)C(C)CC(C)C. The Balaban J connectivity index is 3.91. The summed E-state index contributed by atoms with van der Waals surface area (Å²) in [6, 6.07) is 0.299. The molecule has 0 aromatic heterocycles. The van der Waals surface area contributed by atoms with Gasteiger partial charge in [0.2, 0.25) is 0 Å². The first-order chi connectivity index (χ1) is 5.49. The lowest BCUT2D eigenvalue weighted by Gasteiger charge is -2.25. The lowest BCUT2D eigenvalue weighted by Crippen LogP contribution is -2.41. The van der Waals surface area contributed by atoms with Gasteiger partial charge in [0.25, 0.3) is 0 Å². The fourth-order valence-corrected chi connectivity index (χ4v) is 1.22. The summed E-state index contributed by atoms with van der Waals surface area (Å²) >= 11 is 0. The largest absolute Gasteiger partial charge is 0.341 e. The molecule has 3 nitrogen and oxygen atoms in total. The van der Waals surface area contributed by atoms with Crippen molar-refractivity contribution in [3.63, 3.8) is 0 Å². The molecule has 0 rings (SSSR count). The van der Waals surface area contributed by atoms with Gasteiger partial charge in [0.05, 0.1) is 0 Å². The van der Waals surface area contributed by atoms with Crippen molar-refractivity contribution in [2.75, 3.05) is 14.1 Å². The van der Waals surface area contributed by atoms with Crippen LogP contribution in [0.5, 0.6) is 0 Å². The van der Waals surface area contributed by atoms with Gasteiger partial charge in [0.1, 0.15) is 0 Å². The number of urea groups is 1. The Labute approximate surface area is 75.1 Å². The molecule has 72 valence electrons. The van der Waals surface area contributed by atoms with Crippen LogP contribution in [-0.2, 0) is 0 Å². The maximum Gasteiger partial charge on any atom is 0.317 e. The molecular weight excluding hydrogens is 152 g/mol. The zero-order valence-corrected chi connectivity index (χ0v) is 8.72. The number of carbonyl (C=O) groups is 1. The summed E-state index contributed by atoms with van der Waals surface area (Å²) in [5.74, 6) is 0.632. The van der Waals surface area contributed by atoms with Crippen molar-refractivity contribution < 1.29 is 4.79 Å². The van der Waals surface area contributed by atoms with Gasteiger partial charge >= 0.3 is 6.03 Å². The number of nitrogens with zero attached hydrogens (tertiary/aromatic N) is 1. The second-order valence-corrected chi connectivity index (χ2v) is 3.64. The number of carbonyl (C=O) groups excluding carboxylic acids is 1. The zero-order valence-electron chi connectivity index (χ0n) is 8.72. The molecule has 0 aliphatic heterocycles. The van der Waals surface area contributed by atoms with Crippen LogP contribution in [0.2, 0.25) is 0 Å². The Bertz CT molecular complexity index is 145. The molecule has 0 saturated carbocycles. The monoisotopic (exact) mass is 172 g/mol. The normalized spacial score (nSPS) is 12.8. The lowest BCUT2D eigenvalue weighted by molar-refractivity contribution is 0.189. The fourth-order valence-electron chi connectivity index (χ4n) is 1.22. The Kier molecular flexibility index (Phi) is 4.71. The molecule has 1 atom stereocenters. The predicted molar refractivity (Wildman–Crippen MR) is 51.1 cm³/mol. The minimum Gasteiger partial charge on any atom is -0.341 e. The molecule has 0 aromatic carbocycles. The third-order valence-corrected chi connectivity index (χ3v) is 2.01. The first-order valence-electron chi connectivity index (χ1n) is 4.43. The lowest BCUT2D eigenvalue weighted by atomic mass is 10.0. The van der Waals surface area contributed by atoms with Gasteiger partial charge in [0, 0.05) is 20.1 Å². The predicted octanol–water partition coefficient (Wildman–Crippen LogP) is 1.69. The number of amides is 2. The minimum absolute atomic E-state index is 0.0110. The highest BCUT2D eigenvalue weighted by Crippen LogP contribution is 2.08. The van der Waals surface area contributed by atoms with Crippen LogP contribution in [0.15, 0.2) is 0 Å². The molecule has 0 aliphatic rings. The summed E-state index contributed by atoms with van der Waals surface area (Å²) in [7, 11) is 3.48. The van der Waals surface area contributed by atoms with Crippen LogP contribution in [0.1, 0.15) is 27.2 Å². The third-order valence-electron chi connectivity index (χ3n) is 2.01. The van der Waals surface area contributed by atoms with Gasteiger partial charge in [-0.1, -0.05) is 13.8 Å². The first kappa shape index (κ1) is 11.3. The summed E-state index contributed by atoms with van der Waals surface area (Å²) in [6.07, 6.45) is 1.05. The molecule has 0 bridgehead atoms. The van der Waals surface area contributed by atoms with Crippen molar-refractivity contribution >= 4 is 6.03 Å². The number of hydrogen-bond donors (Lipinski definition) is 1. The molecule has 0 heterocycles. The van der Waals surface area contributed by atoms with E-state index < -0.39 is 0 Å². The molecule has 0 spiro atoms. The van der Waals surface area contributed by atoms with Gasteiger partial charge in [-0.3, -0.25) is 0 Å². The van der Waals surface area contributed by atoms with E-state index in [2.05, 4.69) is 26.1 Å². The van der Waals surface area contributed by atoms with E-state index in [-0.39, 0.29) is 6.03 Å². The Morgan fingerprint density at radius 2 is 1.92 bits per heavy atom. The van der Waals surface area contributed by atoms with Gasteiger partial charge in [-0.05, 0) is 19.3 Å². The highest BCUT2D eigenvalue weighted by atomic mass is 16.2. The second-order valence-electron chi connectivity index (χ2n) is 3.64. The summed E-state index contributed by atoms with van der Waals surface area (Å²) in [5, 5.41) is 2.61. The van der Waals surface area contributed by atoms with Gasteiger partial charge in [-0.2, -0.15) is 0 Å². The number of hydrogen-bond acceptors (Lipinski definition) is 1. The van der Waals surface area contributed by atoms with Crippen molar-refractivity contribution in [2.45, 2.75) is 33.2 Å². The zero-order chi connectivity index (χ0) is 9.72. The number of nitrogens with one attached hydrogen (secondary N) is 1. The van der Waals surface area contributed by atoms with E-state index in [1.165, 1.54) is 0 Å². The van der Waals surface area contributed by atoms with E-state index in [4.69, 9.17) is 0 Å². The molecule has 1 unspecified atom stereocenters.